The van der Waals surface area contributed by atoms with Gasteiger partial charge in [0.05, 0.1) is 0 Å². The highest BCUT2D eigenvalue weighted by molar-refractivity contribution is 9.09. The lowest BCUT2D eigenvalue weighted by Gasteiger charge is -2.33. The second kappa shape index (κ2) is 9.03. The molecule has 0 saturated carbocycles. The Morgan fingerprint density at radius 2 is 1.75 bits per heavy atom. The fourth-order valence-corrected chi connectivity index (χ4v) is 3.54. The van der Waals surface area contributed by atoms with Crippen LogP contribution in [0.5, 0.6) is 0 Å². The molecule has 0 amide bonds. The summed E-state index contributed by atoms with van der Waals surface area (Å²) in [4.78, 5) is 2.52. The number of nitrogens with zero attached hydrogens (tertiary/aromatic N) is 1. The SMILES string of the molecule is Cc1cccc(CN(CCCBr)CC(C)(C)c2ccccc2)c1Cl. The summed E-state index contributed by atoms with van der Waals surface area (Å²) in [5, 5.41) is 1.93. The highest BCUT2D eigenvalue weighted by Crippen LogP contribution is 2.27. The average molecular weight is 409 g/mol. The maximum atomic E-state index is 6.52. The van der Waals surface area contributed by atoms with Crippen molar-refractivity contribution < 1.29 is 0 Å². The lowest BCUT2D eigenvalue weighted by Crippen LogP contribution is -2.37. The number of rotatable bonds is 8. The van der Waals surface area contributed by atoms with Crippen molar-refractivity contribution in [2.24, 2.45) is 0 Å². The molecule has 24 heavy (non-hydrogen) atoms. The predicted molar refractivity (Wildman–Crippen MR) is 109 cm³/mol. The quantitative estimate of drug-likeness (QED) is 0.469. The van der Waals surface area contributed by atoms with Gasteiger partial charge in [0.15, 0.2) is 0 Å². The highest BCUT2D eigenvalue weighted by atomic mass is 79.9. The van der Waals surface area contributed by atoms with E-state index >= 15 is 0 Å². The number of benzene rings is 2. The normalized spacial score (nSPS) is 11.9. The molecule has 0 bridgehead atoms. The fourth-order valence-electron chi connectivity index (χ4n) is 3.11. The number of hydrogen-bond acceptors (Lipinski definition) is 1. The van der Waals surface area contributed by atoms with Gasteiger partial charge in [-0.3, -0.25) is 4.90 Å². The van der Waals surface area contributed by atoms with Gasteiger partial charge in [-0.05, 0) is 36.6 Å². The van der Waals surface area contributed by atoms with Gasteiger partial charge >= 0.3 is 0 Å². The van der Waals surface area contributed by atoms with Crippen LogP contribution in [0.15, 0.2) is 48.5 Å². The first-order valence-corrected chi connectivity index (χ1v) is 10.0. The van der Waals surface area contributed by atoms with Gasteiger partial charge < -0.3 is 0 Å². The molecule has 2 aromatic carbocycles. The first kappa shape index (κ1) is 19.5. The van der Waals surface area contributed by atoms with E-state index in [2.05, 4.69) is 90.1 Å². The smallest absolute Gasteiger partial charge is 0.0480 e. The van der Waals surface area contributed by atoms with Crippen LogP contribution in [0.1, 0.15) is 37.0 Å². The summed E-state index contributed by atoms with van der Waals surface area (Å²) in [7, 11) is 0. The van der Waals surface area contributed by atoms with Crippen LogP contribution in [-0.4, -0.2) is 23.3 Å². The van der Waals surface area contributed by atoms with Gasteiger partial charge in [0.2, 0.25) is 0 Å². The van der Waals surface area contributed by atoms with Crippen LogP contribution in [0.4, 0.5) is 0 Å². The van der Waals surface area contributed by atoms with Crippen LogP contribution in [-0.2, 0) is 12.0 Å². The van der Waals surface area contributed by atoms with Gasteiger partial charge in [-0.1, -0.05) is 89.9 Å². The third-order valence-electron chi connectivity index (χ3n) is 4.45. The zero-order valence-corrected chi connectivity index (χ0v) is 17.2. The van der Waals surface area contributed by atoms with Gasteiger partial charge in [0, 0.05) is 28.9 Å². The van der Waals surface area contributed by atoms with E-state index in [-0.39, 0.29) is 5.41 Å². The average Bonchev–Trinajstić information content (AvgIpc) is 2.57. The molecule has 0 saturated heterocycles. The minimum absolute atomic E-state index is 0.101. The minimum atomic E-state index is 0.101. The molecule has 1 nitrogen and oxygen atoms in total. The lowest BCUT2D eigenvalue weighted by atomic mass is 9.84. The number of aryl methyl sites for hydroxylation is 1. The van der Waals surface area contributed by atoms with Crippen molar-refractivity contribution in [1.82, 2.24) is 4.90 Å². The molecule has 130 valence electrons. The molecule has 2 rings (SSSR count). The molecule has 0 aliphatic rings. The molecule has 0 aliphatic carbocycles. The third-order valence-corrected chi connectivity index (χ3v) is 5.55. The van der Waals surface area contributed by atoms with Crippen molar-refractivity contribution in [2.75, 3.05) is 18.4 Å². The Bertz CT molecular complexity index is 640. The van der Waals surface area contributed by atoms with Crippen LogP contribution in [0.2, 0.25) is 5.02 Å². The molecule has 0 radical (unpaired) electrons. The summed E-state index contributed by atoms with van der Waals surface area (Å²) in [6, 6.07) is 17.1. The predicted octanol–water partition coefficient (Wildman–Crippen LogP) is 6.21. The van der Waals surface area contributed by atoms with Gasteiger partial charge in [0.25, 0.3) is 0 Å². The van der Waals surface area contributed by atoms with E-state index in [0.717, 1.165) is 42.0 Å². The molecule has 0 fully saturated rings. The lowest BCUT2D eigenvalue weighted by molar-refractivity contribution is 0.216. The molecule has 0 spiro atoms. The van der Waals surface area contributed by atoms with E-state index in [1.165, 1.54) is 11.1 Å². The van der Waals surface area contributed by atoms with Crippen molar-refractivity contribution in [3.8, 4) is 0 Å². The Balaban J connectivity index is 2.17. The zero-order chi connectivity index (χ0) is 17.6. The molecule has 0 aliphatic heterocycles. The number of halogens is 2. The zero-order valence-electron chi connectivity index (χ0n) is 14.9. The first-order valence-electron chi connectivity index (χ1n) is 8.52. The third kappa shape index (κ3) is 5.34. The van der Waals surface area contributed by atoms with E-state index in [9.17, 15) is 0 Å². The molecule has 3 heteroatoms. The summed E-state index contributed by atoms with van der Waals surface area (Å²) < 4.78 is 0. The molecule has 2 aromatic rings. The molecule has 0 heterocycles. The summed E-state index contributed by atoms with van der Waals surface area (Å²) >= 11 is 10.1. The summed E-state index contributed by atoms with van der Waals surface area (Å²) in [5.41, 5.74) is 3.85. The van der Waals surface area contributed by atoms with E-state index in [1.54, 1.807) is 0 Å². The summed E-state index contributed by atoms with van der Waals surface area (Å²) in [5.74, 6) is 0. The van der Waals surface area contributed by atoms with Crippen LogP contribution >= 0.6 is 27.5 Å². The molecular weight excluding hydrogens is 382 g/mol. The number of hydrogen-bond donors (Lipinski definition) is 0. The van der Waals surface area contributed by atoms with Gasteiger partial charge in [-0.25, -0.2) is 0 Å². The van der Waals surface area contributed by atoms with Crippen LogP contribution in [0, 0.1) is 6.92 Å². The second-order valence-electron chi connectivity index (χ2n) is 7.05. The van der Waals surface area contributed by atoms with Crippen molar-refractivity contribution in [3.05, 3.63) is 70.2 Å². The van der Waals surface area contributed by atoms with E-state index in [4.69, 9.17) is 11.6 Å². The van der Waals surface area contributed by atoms with Crippen molar-refractivity contribution in [3.63, 3.8) is 0 Å². The maximum absolute atomic E-state index is 6.52. The molecular formula is C21H27BrClN. The first-order chi connectivity index (χ1) is 11.4. The summed E-state index contributed by atoms with van der Waals surface area (Å²) in [6.45, 7) is 9.68. The molecule has 0 aromatic heterocycles. The largest absolute Gasteiger partial charge is 0.298 e. The van der Waals surface area contributed by atoms with E-state index in [0.29, 0.717) is 0 Å². The Hall–Kier alpha value is -0.830. The summed E-state index contributed by atoms with van der Waals surface area (Å²) in [6.07, 6.45) is 1.13. The van der Waals surface area contributed by atoms with Crippen molar-refractivity contribution in [2.45, 2.75) is 39.2 Å². The van der Waals surface area contributed by atoms with Crippen LogP contribution < -0.4 is 0 Å². The monoisotopic (exact) mass is 407 g/mol. The maximum Gasteiger partial charge on any atom is 0.0480 e. The Labute approximate surface area is 160 Å². The van der Waals surface area contributed by atoms with Crippen molar-refractivity contribution >= 4 is 27.5 Å². The Morgan fingerprint density at radius 3 is 2.42 bits per heavy atom. The van der Waals surface area contributed by atoms with E-state index in [1.807, 2.05) is 0 Å². The topological polar surface area (TPSA) is 3.24 Å². The Morgan fingerprint density at radius 1 is 1.04 bits per heavy atom. The van der Waals surface area contributed by atoms with Crippen LogP contribution in [0.25, 0.3) is 0 Å². The van der Waals surface area contributed by atoms with Gasteiger partial charge in [0.1, 0.15) is 0 Å². The van der Waals surface area contributed by atoms with Crippen LogP contribution in [0.3, 0.4) is 0 Å². The molecule has 0 atom stereocenters. The standard InChI is InChI=1S/C21H27BrClN/c1-17-9-7-10-18(20(17)23)15-24(14-8-13-22)16-21(2,3)19-11-5-4-6-12-19/h4-7,9-12H,8,13-16H2,1-3H3. The number of alkyl halides is 1. The van der Waals surface area contributed by atoms with Gasteiger partial charge in [-0.2, -0.15) is 0 Å². The fraction of sp³-hybridized carbons (Fsp3) is 0.429. The second-order valence-corrected chi connectivity index (χ2v) is 8.22. The molecule has 0 N–H and O–H groups in total. The van der Waals surface area contributed by atoms with E-state index < -0.39 is 0 Å². The van der Waals surface area contributed by atoms with Crippen molar-refractivity contribution in [1.29, 1.82) is 0 Å². The Kier molecular flexibility index (Phi) is 7.34. The minimum Gasteiger partial charge on any atom is -0.298 e. The highest BCUT2D eigenvalue weighted by Gasteiger charge is 2.24. The molecule has 0 unspecified atom stereocenters. The van der Waals surface area contributed by atoms with Gasteiger partial charge in [-0.15, -0.1) is 0 Å².